The maximum absolute atomic E-state index is 12.8. The van der Waals surface area contributed by atoms with Gasteiger partial charge in [-0.05, 0) is 6.07 Å². The first-order valence-corrected chi connectivity index (χ1v) is 5.15. The minimum atomic E-state index is -3.96. The van der Waals surface area contributed by atoms with Gasteiger partial charge in [0.15, 0.2) is 11.6 Å². The summed E-state index contributed by atoms with van der Waals surface area (Å²) in [6.45, 7) is 0. The van der Waals surface area contributed by atoms with Crippen molar-refractivity contribution in [2.24, 2.45) is 5.14 Å². The van der Waals surface area contributed by atoms with Crippen LogP contribution in [0.3, 0.4) is 0 Å². The number of hydrogen-bond acceptors (Lipinski definition) is 2. The third-order valence-corrected chi connectivity index (χ3v) is 2.16. The third kappa shape index (κ3) is 2.71. The zero-order valence-corrected chi connectivity index (χ0v) is 7.61. The molecule has 14 heavy (non-hydrogen) atoms. The number of nitrogens with two attached hydrogens (primary N) is 1. The van der Waals surface area contributed by atoms with E-state index in [1.165, 1.54) is 0 Å². The van der Waals surface area contributed by atoms with Crippen molar-refractivity contribution in [2.45, 2.75) is 5.75 Å². The maximum Gasteiger partial charge on any atom is 0.213 e. The Balaban J connectivity index is 3.17. The molecule has 1 aromatic rings. The Kier molecular flexibility index (Phi) is 2.81. The summed E-state index contributed by atoms with van der Waals surface area (Å²) < 4.78 is 58.9. The summed E-state index contributed by atoms with van der Waals surface area (Å²) in [6.07, 6.45) is 0. The SMILES string of the molecule is NS(=O)(=O)Cc1cc(F)c(F)cc1F. The van der Waals surface area contributed by atoms with Gasteiger partial charge in [-0.2, -0.15) is 0 Å². The smallest absolute Gasteiger partial charge is 0.213 e. The van der Waals surface area contributed by atoms with Crippen molar-refractivity contribution in [3.8, 4) is 0 Å². The average Bonchev–Trinajstić information content (AvgIpc) is 1.97. The van der Waals surface area contributed by atoms with Crippen molar-refractivity contribution in [2.75, 3.05) is 0 Å². The fraction of sp³-hybridized carbons (Fsp3) is 0.143. The summed E-state index contributed by atoms with van der Waals surface area (Å²) >= 11 is 0. The highest BCUT2D eigenvalue weighted by atomic mass is 32.2. The van der Waals surface area contributed by atoms with Crippen LogP contribution in [0, 0.1) is 17.5 Å². The van der Waals surface area contributed by atoms with E-state index < -0.39 is 38.8 Å². The van der Waals surface area contributed by atoms with Crippen molar-refractivity contribution in [3.63, 3.8) is 0 Å². The highest BCUT2D eigenvalue weighted by Gasteiger charge is 2.14. The summed E-state index contributed by atoms with van der Waals surface area (Å²) in [5, 5.41) is 4.61. The van der Waals surface area contributed by atoms with Gasteiger partial charge in [0.05, 0.1) is 5.75 Å². The average molecular weight is 225 g/mol. The Hall–Kier alpha value is -1.08. The Morgan fingerprint density at radius 2 is 1.57 bits per heavy atom. The molecule has 0 unspecified atom stereocenters. The molecular formula is C7H6F3NO2S. The van der Waals surface area contributed by atoms with Gasteiger partial charge >= 0.3 is 0 Å². The Bertz CT molecular complexity index is 458. The molecule has 1 aromatic carbocycles. The number of halogens is 3. The molecule has 2 N–H and O–H groups in total. The molecule has 0 heterocycles. The fourth-order valence-electron chi connectivity index (χ4n) is 0.891. The standard InChI is InChI=1S/C7H6F3NO2S/c8-5-2-7(10)6(9)1-4(5)3-14(11,12)13/h1-2H,3H2,(H2,11,12,13). The summed E-state index contributed by atoms with van der Waals surface area (Å²) in [6, 6.07) is 0.741. The molecule has 0 bridgehead atoms. The molecule has 3 nitrogen and oxygen atoms in total. The van der Waals surface area contributed by atoms with Crippen LogP contribution in [-0.4, -0.2) is 8.42 Å². The van der Waals surface area contributed by atoms with Gasteiger partial charge in [0.2, 0.25) is 10.0 Å². The van der Waals surface area contributed by atoms with E-state index in [4.69, 9.17) is 0 Å². The van der Waals surface area contributed by atoms with E-state index in [-0.39, 0.29) is 6.07 Å². The van der Waals surface area contributed by atoms with Crippen molar-refractivity contribution in [1.82, 2.24) is 0 Å². The lowest BCUT2D eigenvalue weighted by molar-refractivity contribution is 0.491. The Morgan fingerprint density at radius 3 is 2.07 bits per heavy atom. The Labute approximate surface area is 78.4 Å². The molecule has 0 atom stereocenters. The van der Waals surface area contributed by atoms with E-state index >= 15 is 0 Å². The van der Waals surface area contributed by atoms with Crippen LogP contribution >= 0.6 is 0 Å². The lowest BCUT2D eigenvalue weighted by atomic mass is 10.2. The molecule has 0 fully saturated rings. The second kappa shape index (κ2) is 3.58. The summed E-state index contributed by atoms with van der Waals surface area (Å²) in [7, 11) is -3.96. The molecule has 0 aliphatic rings. The molecule has 0 radical (unpaired) electrons. The second-order valence-corrected chi connectivity index (χ2v) is 4.28. The van der Waals surface area contributed by atoms with Crippen LogP contribution in [0.4, 0.5) is 13.2 Å². The number of primary sulfonamides is 1. The zero-order chi connectivity index (χ0) is 10.9. The van der Waals surface area contributed by atoms with Gasteiger partial charge < -0.3 is 0 Å². The number of benzene rings is 1. The highest BCUT2D eigenvalue weighted by molar-refractivity contribution is 7.88. The molecular weight excluding hydrogens is 219 g/mol. The number of rotatable bonds is 2. The van der Waals surface area contributed by atoms with Crippen molar-refractivity contribution < 1.29 is 21.6 Å². The van der Waals surface area contributed by atoms with Gasteiger partial charge in [0, 0.05) is 11.6 Å². The lowest BCUT2D eigenvalue weighted by Gasteiger charge is -2.02. The molecule has 0 spiro atoms. The van der Waals surface area contributed by atoms with Gasteiger partial charge in [-0.25, -0.2) is 26.7 Å². The normalized spacial score (nSPS) is 11.7. The van der Waals surface area contributed by atoms with E-state index in [2.05, 4.69) is 5.14 Å². The van der Waals surface area contributed by atoms with Crippen LogP contribution in [0.25, 0.3) is 0 Å². The molecule has 1 rings (SSSR count). The van der Waals surface area contributed by atoms with Crippen LogP contribution in [0.15, 0.2) is 12.1 Å². The predicted molar refractivity (Wildman–Crippen MR) is 43.1 cm³/mol. The van der Waals surface area contributed by atoms with Gasteiger partial charge in [-0.1, -0.05) is 0 Å². The van der Waals surface area contributed by atoms with Crippen LogP contribution in [0.1, 0.15) is 5.56 Å². The minimum absolute atomic E-state index is 0.274. The van der Waals surface area contributed by atoms with Crippen LogP contribution in [0.2, 0.25) is 0 Å². The molecule has 0 aliphatic heterocycles. The largest absolute Gasteiger partial charge is 0.228 e. The summed E-state index contributed by atoms with van der Waals surface area (Å²) in [4.78, 5) is 0. The molecule has 0 aromatic heterocycles. The first-order chi connectivity index (χ1) is 6.29. The molecule has 0 saturated carbocycles. The summed E-state index contributed by atoms with van der Waals surface area (Å²) in [5.41, 5.74) is -0.494. The first kappa shape index (κ1) is 11.0. The van der Waals surface area contributed by atoms with Crippen LogP contribution in [0.5, 0.6) is 0 Å². The van der Waals surface area contributed by atoms with Crippen molar-refractivity contribution in [1.29, 1.82) is 0 Å². The van der Waals surface area contributed by atoms with Crippen LogP contribution in [-0.2, 0) is 15.8 Å². The van der Waals surface area contributed by atoms with E-state index in [0.29, 0.717) is 6.07 Å². The van der Waals surface area contributed by atoms with E-state index in [1.807, 2.05) is 0 Å². The van der Waals surface area contributed by atoms with E-state index in [9.17, 15) is 21.6 Å². The van der Waals surface area contributed by atoms with Gasteiger partial charge in [0.25, 0.3) is 0 Å². The number of sulfonamides is 1. The van der Waals surface area contributed by atoms with Gasteiger partial charge in [-0.15, -0.1) is 0 Å². The monoisotopic (exact) mass is 225 g/mol. The second-order valence-electron chi connectivity index (χ2n) is 2.66. The topological polar surface area (TPSA) is 60.2 Å². The number of hydrogen-bond donors (Lipinski definition) is 1. The van der Waals surface area contributed by atoms with Crippen molar-refractivity contribution >= 4 is 10.0 Å². The lowest BCUT2D eigenvalue weighted by Crippen LogP contribution is -2.15. The van der Waals surface area contributed by atoms with Crippen LogP contribution < -0.4 is 5.14 Å². The van der Waals surface area contributed by atoms with E-state index in [0.717, 1.165) is 0 Å². The van der Waals surface area contributed by atoms with Crippen molar-refractivity contribution in [3.05, 3.63) is 35.1 Å². The molecule has 7 heteroatoms. The molecule has 0 aliphatic carbocycles. The highest BCUT2D eigenvalue weighted by Crippen LogP contribution is 2.15. The molecule has 0 saturated heterocycles. The first-order valence-electron chi connectivity index (χ1n) is 3.43. The quantitative estimate of drug-likeness (QED) is 0.760. The summed E-state index contributed by atoms with van der Waals surface area (Å²) in [5.74, 6) is -4.70. The molecule has 78 valence electrons. The van der Waals surface area contributed by atoms with Gasteiger partial charge in [0.1, 0.15) is 5.82 Å². The predicted octanol–water partition coefficient (Wildman–Crippen LogP) is 0.892. The van der Waals surface area contributed by atoms with Gasteiger partial charge in [-0.3, -0.25) is 0 Å². The molecule has 0 amide bonds. The zero-order valence-electron chi connectivity index (χ0n) is 6.80. The fourth-order valence-corrected chi connectivity index (χ4v) is 1.55. The Morgan fingerprint density at radius 1 is 1.07 bits per heavy atom. The van der Waals surface area contributed by atoms with E-state index in [1.54, 1.807) is 0 Å². The maximum atomic E-state index is 12.8. The third-order valence-electron chi connectivity index (χ3n) is 1.45. The minimum Gasteiger partial charge on any atom is -0.228 e.